The van der Waals surface area contributed by atoms with Crippen molar-refractivity contribution in [2.24, 2.45) is 5.92 Å². The highest BCUT2D eigenvalue weighted by Crippen LogP contribution is 2.30. The molecule has 0 aliphatic heterocycles. The monoisotopic (exact) mass is 262 g/mol. The van der Waals surface area contributed by atoms with E-state index in [1.807, 2.05) is 12.1 Å². The maximum atomic E-state index is 11.4. The van der Waals surface area contributed by atoms with Crippen molar-refractivity contribution >= 4 is 5.97 Å². The Bertz CT molecular complexity index is 411. The van der Waals surface area contributed by atoms with Gasteiger partial charge in [-0.3, -0.25) is 0 Å². The summed E-state index contributed by atoms with van der Waals surface area (Å²) in [5, 5.41) is 0. The first-order valence-corrected chi connectivity index (χ1v) is 7.09. The molecule has 0 heterocycles. The third-order valence-corrected chi connectivity index (χ3v) is 3.93. The fourth-order valence-electron chi connectivity index (χ4n) is 2.76. The zero-order valence-electron chi connectivity index (χ0n) is 11.7. The van der Waals surface area contributed by atoms with Crippen LogP contribution in [-0.2, 0) is 4.74 Å². The Morgan fingerprint density at radius 1 is 1.21 bits per heavy atom. The normalized spacial score (nSPS) is 22.8. The molecule has 1 aliphatic rings. The predicted octanol–water partition coefficient (Wildman–Crippen LogP) is 3.82. The molecule has 3 nitrogen and oxygen atoms in total. The molecule has 0 N–H and O–H groups in total. The molecule has 2 unspecified atom stereocenters. The van der Waals surface area contributed by atoms with Crippen LogP contribution in [-0.4, -0.2) is 19.2 Å². The molecule has 1 aliphatic carbocycles. The Labute approximate surface area is 114 Å². The Balaban J connectivity index is 2.00. The average Bonchev–Trinajstić information content (AvgIpc) is 2.48. The first kappa shape index (κ1) is 13.9. The standard InChI is InChI=1S/C16H22O3/c1-3-12-6-4-5-7-15(12)19-14-10-8-13(9-11-14)16(17)18-2/h8-12,15H,3-7H2,1-2H3. The Kier molecular flexibility index (Phi) is 4.83. The minimum absolute atomic E-state index is 0.310. The van der Waals surface area contributed by atoms with Gasteiger partial charge in [-0.25, -0.2) is 4.79 Å². The second-order valence-electron chi connectivity index (χ2n) is 5.13. The zero-order valence-corrected chi connectivity index (χ0v) is 11.7. The van der Waals surface area contributed by atoms with Crippen LogP contribution >= 0.6 is 0 Å². The van der Waals surface area contributed by atoms with E-state index in [0.29, 0.717) is 17.6 Å². The molecule has 0 bridgehead atoms. The summed E-state index contributed by atoms with van der Waals surface area (Å²) < 4.78 is 10.8. The quantitative estimate of drug-likeness (QED) is 0.774. The van der Waals surface area contributed by atoms with E-state index in [4.69, 9.17) is 4.74 Å². The number of carbonyl (C=O) groups excluding carboxylic acids is 1. The van der Waals surface area contributed by atoms with E-state index in [1.165, 1.54) is 32.8 Å². The number of ether oxygens (including phenoxy) is 2. The van der Waals surface area contributed by atoms with E-state index in [9.17, 15) is 4.79 Å². The Morgan fingerprint density at radius 2 is 1.89 bits per heavy atom. The predicted molar refractivity (Wildman–Crippen MR) is 74.4 cm³/mol. The van der Waals surface area contributed by atoms with E-state index in [1.54, 1.807) is 12.1 Å². The second kappa shape index (κ2) is 6.60. The first-order chi connectivity index (χ1) is 9.24. The Morgan fingerprint density at radius 3 is 2.53 bits per heavy atom. The van der Waals surface area contributed by atoms with Crippen LogP contribution in [0.3, 0.4) is 0 Å². The van der Waals surface area contributed by atoms with Crippen molar-refractivity contribution in [1.82, 2.24) is 0 Å². The van der Waals surface area contributed by atoms with Crippen molar-refractivity contribution in [2.75, 3.05) is 7.11 Å². The molecule has 0 aromatic heterocycles. The topological polar surface area (TPSA) is 35.5 Å². The number of rotatable bonds is 4. The summed E-state index contributed by atoms with van der Waals surface area (Å²) in [6.45, 7) is 2.23. The SMILES string of the molecule is CCC1CCCCC1Oc1ccc(C(=O)OC)cc1. The molecule has 104 valence electrons. The Hall–Kier alpha value is -1.51. The molecular weight excluding hydrogens is 240 g/mol. The lowest BCUT2D eigenvalue weighted by Crippen LogP contribution is -2.29. The molecular formula is C16H22O3. The summed E-state index contributed by atoms with van der Waals surface area (Å²) in [5.41, 5.74) is 0.561. The molecule has 2 rings (SSSR count). The molecule has 2 atom stereocenters. The first-order valence-electron chi connectivity index (χ1n) is 7.09. The van der Waals surface area contributed by atoms with Crippen molar-refractivity contribution in [1.29, 1.82) is 0 Å². The molecule has 0 spiro atoms. The largest absolute Gasteiger partial charge is 0.490 e. The van der Waals surface area contributed by atoms with E-state index in [2.05, 4.69) is 11.7 Å². The lowest BCUT2D eigenvalue weighted by molar-refractivity contribution is 0.0600. The van der Waals surface area contributed by atoms with Gasteiger partial charge in [-0.2, -0.15) is 0 Å². The van der Waals surface area contributed by atoms with Gasteiger partial charge in [-0.15, -0.1) is 0 Å². The third-order valence-electron chi connectivity index (χ3n) is 3.93. The van der Waals surface area contributed by atoms with Gasteiger partial charge >= 0.3 is 5.97 Å². The highest BCUT2D eigenvalue weighted by molar-refractivity contribution is 5.89. The molecule has 0 radical (unpaired) electrons. The smallest absolute Gasteiger partial charge is 0.337 e. The van der Waals surface area contributed by atoms with E-state index in [-0.39, 0.29) is 5.97 Å². The maximum absolute atomic E-state index is 11.4. The van der Waals surface area contributed by atoms with Gasteiger partial charge in [-0.1, -0.05) is 13.3 Å². The van der Waals surface area contributed by atoms with Gasteiger partial charge < -0.3 is 9.47 Å². The van der Waals surface area contributed by atoms with Gasteiger partial charge in [0.15, 0.2) is 0 Å². The number of esters is 1. The number of methoxy groups -OCH3 is 1. The van der Waals surface area contributed by atoms with Crippen LogP contribution in [0.4, 0.5) is 0 Å². The minimum Gasteiger partial charge on any atom is -0.490 e. The lowest BCUT2D eigenvalue weighted by Gasteiger charge is -2.31. The van der Waals surface area contributed by atoms with Gasteiger partial charge in [0.2, 0.25) is 0 Å². The van der Waals surface area contributed by atoms with Gasteiger partial charge in [0.25, 0.3) is 0 Å². The number of hydrogen-bond donors (Lipinski definition) is 0. The summed E-state index contributed by atoms with van der Waals surface area (Å²) >= 11 is 0. The van der Waals surface area contributed by atoms with E-state index >= 15 is 0 Å². The molecule has 3 heteroatoms. The molecule has 1 fully saturated rings. The molecule has 1 saturated carbocycles. The van der Waals surface area contributed by atoms with Crippen molar-refractivity contribution < 1.29 is 14.3 Å². The summed E-state index contributed by atoms with van der Waals surface area (Å²) in [6, 6.07) is 7.22. The van der Waals surface area contributed by atoms with Crippen LogP contribution < -0.4 is 4.74 Å². The van der Waals surface area contributed by atoms with Crippen molar-refractivity contribution in [3.8, 4) is 5.75 Å². The van der Waals surface area contributed by atoms with Gasteiger partial charge in [-0.05, 0) is 55.9 Å². The molecule has 0 saturated heterocycles. The van der Waals surface area contributed by atoms with Crippen molar-refractivity contribution in [2.45, 2.75) is 45.1 Å². The van der Waals surface area contributed by atoms with Crippen molar-refractivity contribution in [3.05, 3.63) is 29.8 Å². The molecule has 1 aromatic carbocycles. The number of hydrogen-bond acceptors (Lipinski definition) is 3. The lowest BCUT2D eigenvalue weighted by atomic mass is 9.85. The minimum atomic E-state index is -0.310. The van der Waals surface area contributed by atoms with Gasteiger partial charge in [0.1, 0.15) is 11.9 Å². The number of benzene rings is 1. The zero-order chi connectivity index (χ0) is 13.7. The number of carbonyl (C=O) groups is 1. The third kappa shape index (κ3) is 3.49. The van der Waals surface area contributed by atoms with Crippen LogP contribution in [0.5, 0.6) is 5.75 Å². The summed E-state index contributed by atoms with van der Waals surface area (Å²) in [7, 11) is 1.39. The molecule has 1 aromatic rings. The highest BCUT2D eigenvalue weighted by atomic mass is 16.5. The van der Waals surface area contributed by atoms with E-state index in [0.717, 1.165) is 12.2 Å². The summed E-state index contributed by atoms with van der Waals surface area (Å²) in [5.74, 6) is 1.20. The van der Waals surface area contributed by atoms with E-state index < -0.39 is 0 Å². The van der Waals surface area contributed by atoms with Crippen LogP contribution in [0, 0.1) is 5.92 Å². The molecule has 0 amide bonds. The van der Waals surface area contributed by atoms with Crippen LogP contribution in [0.1, 0.15) is 49.4 Å². The van der Waals surface area contributed by atoms with Crippen molar-refractivity contribution in [3.63, 3.8) is 0 Å². The van der Waals surface area contributed by atoms with Gasteiger partial charge in [0, 0.05) is 0 Å². The summed E-state index contributed by atoms with van der Waals surface area (Å²) in [6.07, 6.45) is 6.47. The van der Waals surface area contributed by atoms with Crippen LogP contribution in [0.2, 0.25) is 0 Å². The van der Waals surface area contributed by atoms with Crippen LogP contribution in [0.15, 0.2) is 24.3 Å². The second-order valence-corrected chi connectivity index (χ2v) is 5.13. The summed E-state index contributed by atoms with van der Waals surface area (Å²) in [4.78, 5) is 11.4. The van der Waals surface area contributed by atoms with Crippen LogP contribution in [0.25, 0.3) is 0 Å². The average molecular weight is 262 g/mol. The fraction of sp³-hybridized carbons (Fsp3) is 0.562. The fourth-order valence-corrected chi connectivity index (χ4v) is 2.76. The van der Waals surface area contributed by atoms with Gasteiger partial charge in [0.05, 0.1) is 12.7 Å². The maximum Gasteiger partial charge on any atom is 0.337 e. The highest BCUT2D eigenvalue weighted by Gasteiger charge is 2.25. The molecule has 19 heavy (non-hydrogen) atoms.